The molecule has 0 spiro atoms. The molecule has 126 valence electrons. The Balaban J connectivity index is 1.84. The van der Waals surface area contributed by atoms with E-state index in [-0.39, 0.29) is 18.3 Å². The number of halogens is 1. The molecule has 0 aliphatic rings. The summed E-state index contributed by atoms with van der Waals surface area (Å²) >= 11 is 0. The number of hydrazone groups is 1. The Morgan fingerprint density at radius 2 is 1.83 bits per heavy atom. The van der Waals surface area contributed by atoms with Crippen LogP contribution in [-0.4, -0.2) is 32.9 Å². The second kappa shape index (κ2) is 8.52. The molecule has 0 saturated heterocycles. The minimum absolute atomic E-state index is 0.0227. The number of hydrogen-bond donors (Lipinski definition) is 2. The van der Waals surface area contributed by atoms with Gasteiger partial charge < -0.3 is 14.8 Å². The molecule has 0 aliphatic heterocycles. The van der Waals surface area contributed by atoms with Gasteiger partial charge in [-0.1, -0.05) is 0 Å². The Labute approximate surface area is 139 Å². The third-order valence-electron chi connectivity index (χ3n) is 3.11. The van der Waals surface area contributed by atoms with Gasteiger partial charge in [0.1, 0.15) is 5.82 Å². The van der Waals surface area contributed by atoms with E-state index in [0.717, 1.165) is 5.56 Å². The van der Waals surface area contributed by atoms with Gasteiger partial charge in [-0.3, -0.25) is 4.79 Å². The Kier molecular flexibility index (Phi) is 6.13. The van der Waals surface area contributed by atoms with Crippen LogP contribution in [0.5, 0.6) is 11.5 Å². The summed E-state index contributed by atoms with van der Waals surface area (Å²) in [6.07, 6.45) is 1.50. The fraction of sp³-hybridized carbons (Fsp3) is 0.176. The number of hydrogen-bond acceptors (Lipinski definition) is 5. The van der Waals surface area contributed by atoms with Crippen LogP contribution >= 0.6 is 0 Å². The van der Waals surface area contributed by atoms with E-state index in [4.69, 9.17) is 9.47 Å². The minimum Gasteiger partial charge on any atom is -0.493 e. The Morgan fingerprint density at radius 3 is 2.50 bits per heavy atom. The van der Waals surface area contributed by atoms with Crippen LogP contribution in [0.3, 0.4) is 0 Å². The molecule has 0 heterocycles. The van der Waals surface area contributed by atoms with E-state index >= 15 is 0 Å². The van der Waals surface area contributed by atoms with Gasteiger partial charge in [0, 0.05) is 5.69 Å². The molecular formula is C17H18FN3O3. The first-order valence-electron chi connectivity index (χ1n) is 7.15. The van der Waals surface area contributed by atoms with Crippen LogP contribution in [0.2, 0.25) is 0 Å². The molecule has 6 nitrogen and oxygen atoms in total. The maximum Gasteiger partial charge on any atom is 0.259 e. The number of amides is 1. The number of ether oxygens (including phenoxy) is 2. The number of nitrogens with one attached hydrogen (secondary N) is 2. The third-order valence-corrected chi connectivity index (χ3v) is 3.11. The maximum atomic E-state index is 12.8. The number of rotatable bonds is 7. The molecule has 0 aromatic heterocycles. The smallest absolute Gasteiger partial charge is 0.259 e. The number of benzene rings is 2. The van der Waals surface area contributed by atoms with Crippen LogP contribution in [-0.2, 0) is 4.79 Å². The number of nitrogens with zero attached hydrogens (tertiary/aromatic N) is 1. The summed E-state index contributed by atoms with van der Waals surface area (Å²) in [4.78, 5) is 11.7. The molecule has 7 heteroatoms. The van der Waals surface area contributed by atoms with Gasteiger partial charge in [0.2, 0.25) is 0 Å². The van der Waals surface area contributed by atoms with Crippen LogP contribution < -0.4 is 20.2 Å². The van der Waals surface area contributed by atoms with E-state index in [0.29, 0.717) is 17.2 Å². The molecule has 2 N–H and O–H groups in total. The number of carbonyl (C=O) groups is 1. The van der Waals surface area contributed by atoms with Crippen molar-refractivity contribution in [1.82, 2.24) is 5.43 Å². The van der Waals surface area contributed by atoms with E-state index in [9.17, 15) is 9.18 Å². The standard InChI is InChI=1S/C17H18FN3O3/c1-23-15-8-3-12(9-16(15)24-2)10-20-21-17(22)11-19-14-6-4-13(18)5-7-14/h3-10,19H,11H2,1-2H3,(H,21,22)/b20-10-. The second-order valence-electron chi connectivity index (χ2n) is 4.77. The summed E-state index contributed by atoms with van der Waals surface area (Å²) in [7, 11) is 3.10. The number of methoxy groups -OCH3 is 2. The van der Waals surface area contributed by atoms with Gasteiger partial charge in [-0.25, -0.2) is 9.82 Å². The second-order valence-corrected chi connectivity index (χ2v) is 4.77. The quantitative estimate of drug-likeness (QED) is 0.604. The molecule has 0 atom stereocenters. The highest BCUT2D eigenvalue weighted by Gasteiger charge is 2.03. The lowest BCUT2D eigenvalue weighted by Crippen LogP contribution is -2.25. The van der Waals surface area contributed by atoms with Crippen molar-refractivity contribution >= 4 is 17.8 Å². The molecule has 2 aromatic carbocycles. The Morgan fingerprint density at radius 1 is 1.12 bits per heavy atom. The summed E-state index contributed by atoms with van der Waals surface area (Å²) in [5.74, 6) is 0.536. The molecule has 2 rings (SSSR count). The molecule has 2 aromatic rings. The van der Waals surface area contributed by atoms with Crippen molar-refractivity contribution in [3.05, 3.63) is 53.8 Å². The number of anilines is 1. The molecule has 0 fully saturated rings. The van der Waals surface area contributed by atoms with Gasteiger partial charge in [0.25, 0.3) is 5.91 Å². The summed E-state index contributed by atoms with van der Waals surface area (Å²) in [6.45, 7) is 0.0227. The van der Waals surface area contributed by atoms with Crippen molar-refractivity contribution in [1.29, 1.82) is 0 Å². The van der Waals surface area contributed by atoms with Crippen LogP contribution in [0.25, 0.3) is 0 Å². The zero-order valence-electron chi connectivity index (χ0n) is 13.4. The van der Waals surface area contributed by atoms with Gasteiger partial charge in [0.05, 0.1) is 27.0 Å². The highest BCUT2D eigenvalue weighted by atomic mass is 19.1. The van der Waals surface area contributed by atoms with Gasteiger partial charge in [0.15, 0.2) is 11.5 Å². The van der Waals surface area contributed by atoms with E-state index < -0.39 is 0 Å². The molecule has 0 aliphatic carbocycles. The summed E-state index contributed by atoms with van der Waals surface area (Å²) in [5.41, 5.74) is 3.80. The summed E-state index contributed by atoms with van der Waals surface area (Å²) < 4.78 is 23.1. The van der Waals surface area contributed by atoms with Crippen molar-refractivity contribution in [3.8, 4) is 11.5 Å². The van der Waals surface area contributed by atoms with Crippen LogP contribution in [0.4, 0.5) is 10.1 Å². The highest BCUT2D eigenvalue weighted by molar-refractivity contribution is 5.84. The zero-order valence-corrected chi connectivity index (χ0v) is 13.4. The van der Waals surface area contributed by atoms with Crippen LogP contribution in [0.15, 0.2) is 47.6 Å². The average Bonchev–Trinajstić information content (AvgIpc) is 2.61. The van der Waals surface area contributed by atoms with Crippen molar-refractivity contribution in [2.24, 2.45) is 5.10 Å². The van der Waals surface area contributed by atoms with Gasteiger partial charge in [-0.15, -0.1) is 0 Å². The van der Waals surface area contributed by atoms with Crippen LogP contribution in [0, 0.1) is 5.82 Å². The molecule has 0 radical (unpaired) electrons. The first kappa shape index (κ1) is 17.3. The molecule has 1 amide bonds. The molecule has 0 bridgehead atoms. The Bertz CT molecular complexity index is 718. The molecule has 0 saturated carbocycles. The van der Waals surface area contributed by atoms with Crippen molar-refractivity contribution in [3.63, 3.8) is 0 Å². The third kappa shape index (κ3) is 4.98. The van der Waals surface area contributed by atoms with Gasteiger partial charge in [-0.05, 0) is 48.0 Å². The van der Waals surface area contributed by atoms with Crippen molar-refractivity contribution in [2.75, 3.05) is 26.1 Å². The monoisotopic (exact) mass is 331 g/mol. The van der Waals surface area contributed by atoms with Crippen molar-refractivity contribution in [2.45, 2.75) is 0 Å². The normalized spacial score (nSPS) is 10.5. The van der Waals surface area contributed by atoms with E-state index in [1.165, 1.54) is 18.3 Å². The average molecular weight is 331 g/mol. The highest BCUT2D eigenvalue weighted by Crippen LogP contribution is 2.26. The largest absolute Gasteiger partial charge is 0.493 e. The minimum atomic E-state index is -0.329. The van der Waals surface area contributed by atoms with Crippen molar-refractivity contribution < 1.29 is 18.7 Å². The van der Waals surface area contributed by atoms with E-state index in [1.54, 1.807) is 44.6 Å². The predicted molar refractivity (Wildman–Crippen MR) is 90.2 cm³/mol. The van der Waals surface area contributed by atoms with Gasteiger partial charge in [-0.2, -0.15) is 5.10 Å². The lowest BCUT2D eigenvalue weighted by atomic mass is 10.2. The summed E-state index contributed by atoms with van der Waals surface area (Å²) in [6, 6.07) is 11.0. The maximum absolute atomic E-state index is 12.8. The zero-order chi connectivity index (χ0) is 17.4. The molecular weight excluding hydrogens is 313 g/mol. The molecule has 0 unspecified atom stereocenters. The van der Waals surface area contributed by atoms with E-state index in [2.05, 4.69) is 15.8 Å². The fourth-order valence-electron chi connectivity index (χ4n) is 1.90. The Hall–Kier alpha value is -3.09. The summed E-state index contributed by atoms with van der Waals surface area (Å²) in [5, 5.41) is 6.74. The first-order valence-corrected chi connectivity index (χ1v) is 7.15. The van der Waals surface area contributed by atoms with Gasteiger partial charge >= 0.3 is 0 Å². The predicted octanol–water partition coefficient (Wildman–Crippen LogP) is 2.41. The molecule has 24 heavy (non-hydrogen) atoms. The fourth-order valence-corrected chi connectivity index (χ4v) is 1.90. The SMILES string of the molecule is COc1ccc(/C=N\NC(=O)CNc2ccc(F)cc2)cc1OC. The first-order chi connectivity index (χ1) is 11.6. The lowest BCUT2D eigenvalue weighted by Gasteiger charge is -2.07. The van der Waals surface area contributed by atoms with Crippen LogP contribution in [0.1, 0.15) is 5.56 Å². The van der Waals surface area contributed by atoms with E-state index in [1.807, 2.05) is 0 Å². The topological polar surface area (TPSA) is 72.0 Å². The lowest BCUT2D eigenvalue weighted by molar-refractivity contribution is -0.119. The number of carbonyl (C=O) groups excluding carboxylic acids is 1.